The highest BCUT2D eigenvalue weighted by Crippen LogP contribution is 2.33. The molecule has 2 aromatic carbocycles. The van der Waals surface area contributed by atoms with Crippen LogP contribution in [0.5, 0.6) is 5.75 Å². The second-order valence-electron chi connectivity index (χ2n) is 8.05. The number of carbonyl (C=O) groups is 1. The maximum absolute atomic E-state index is 14.9. The van der Waals surface area contributed by atoms with E-state index in [-0.39, 0.29) is 23.6 Å². The zero-order valence-electron chi connectivity index (χ0n) is 16.2. The van der Waals surface area contributed by atoms with Gasteiger partial charge < -0.3 is 10.0 Å². The van der Waals surface area contributed by atoms with Crippen LogP contribution in [0.3, 0.4) is 0 Å². The molecule has 4 nitrogen and oxygen atoms in total. The van der Waals surface area contributed by atoms with Gasteiger partial charge in [0.15, 0.2) is 0 Å². The van der Waals surface area contributed by atoms with E-state index < -0.39 is 6.17 Å². The number of phenolic OH excluding ortho intramolecular Hbond substituents is 1. The molecule has 2 aliphatic rings. The van der Waals surface area contributed by atoms with Crippen molar-refractivity contribution < 1.29 is 14.3 Å². The van der Waals surface area contributed by atoms with Crippen LogP contribution >= 0.6 is 0 Å². The maximum Gasteiger partial charge on any atom is 0.240 e. The molecular formula is C23H27FN2O2. The lowest BCUT2D eigenvalue weighted by molar-refractivity contribution is -0.133. The third-order valence-electron chi connectivity index (χ3n) is 6.10. The van der Waals surface area contributed by atoms with Crippen LogP contribution in [0, 0.1) is 6.92 Å². The number of piperidine rings is 1. The minimum absolute atomic E-state index is 0.121. The topological polar surface area (TPSA) is 43.8 Å². The first-order valence-electron chi connectivity index (χ1n) is 10.0. The van der Waals surface area contributed by atoms with Crippen molar-refractivity contribution in [3.05, 3.63) is 65.2 Å². The van der Waals surface area contributed by atoms with Gasteiger partial charge >= 0.3 is 0 Å². The van der Waals surface area contributed by atoms with E-state index in [2.05, 4.69) is 31.2 Å². The quantitative estimate of drug-likeness (QED) is 0.878. The third kappa shape index (κ3) is 3.90. The zero-order valence-corrected chi connectivity index (χ0v) is 16.2. The number of hydrogen-bond donors (Lipinski definition) is 1. The molecule has 2 aliphatic heterocycles. The molecule has 0 radical (unpaired) electrons. The number of aromatic hydroxyl groups is 1. The smallest absolute Gasteiger partial charge is 0.240 e. The Morgan fingerprint density at radius 3 is 2.43 bits per heavy atom. The first kappa shape index (κ1) is 18.9. The first-order valence-corrected chi connectivity index (χ1v) is 10.0. The van der Waals surface area contributed by atoms with Crippen molar-refractivity contribution in [2.75, 3.05) is 19.6 Å². The van der Waals surface area contributed by atoms with Crippen LogP contribution in [-0.2, 0) is 11.3 Å². The van der Waals surface area contributed by atoms with E-state index in [0.717, 1.165) is 30.6 Å². The monoisotopic (exact) mass is 382 g/mol. The number of alkyl halides is 1. The van der Waals surface area contributed by atoms with Crippen LogP contribution in [-0.4, -0.2) is 52.7 Å². The Morgan fingerprint density at radius 2 is 1.75 bits per heavy atom. The van der Waals surface area contributed by atoms with Crippen LogP contribution in [0.2, 0.25) is 0 Å². The summed E-state index contributed by atoms with van der Waals surface area (Å²) < 4.78 is 14.9. The Labute approximate surface area is 165 Å². The Kier molecular flexibility index (Phi) is 5.36. The molecule has 1 N–H and O–H groups in total. The van der Waals surface area contributed by atoms with Gasteiger partial charge in [-0.25, -0.2) is 4.39 Å². The van der Waals surface area contributed by atoms with Gasteiger partial charge in [-0.05, 0) is 49.6 Å². The summed E-state index contributed by atoms with van der Waals surface area (Å²) in [6.45, 7) is 4.42. The summed E-state index contributed by atoms with van der Waals surface area (Å²) in [5, 5.41) is 9.44. The number of rotatable bonds is 4. The van der Waals surface area contributed by atoms with E-state index in [4.69, 9.17) is 0 Å². The predicted octanol–water partition coefficient (Wildman–Crippen LogP) is 3.63. The fraction of sp³-hybridized carbons (Fsp3) is 0.435. The van der Waals surface area contributed by atoms with Gasteiger partial charge in [0.2, 0.25) is 5.91 Å². The van der Waals surface area contributed by atoms with Crippen molar-refractivity contribution in [1.82, 2.24) is 9.80 Å². The summed E-state index contributed by atoms with van der Waals surface area (Å²) in [4.78, 5) is 16.8. The number of nitrogens with zero attached hydrogens (tertiary/aromatic N) is 2. The summed E-state index contributed by atoms with van der Waals surface area (Å²) in [5.41, 5.74) is 3.26. The van der Waals surface area contributed by atoms with Gasteiger partial charge in [0, 0.05) is 25.6 Å². The van der Waals surface area contributed by atoms with Crippen molar-refractivity contribution in [2.24, 2.45) is 0 Å². The summed E-state index contributed by atoms with van der Waals surface area (Å²) in [6.07, 6.45) is 0.451. The Bertz CT molecular complexity index is 822. The number of amides is 1. The van der Waals surface area contributed by atoms with Crippen LogP contribution in [0.1, 0.15) is 35.4 Å². The normalized spacial score (nSPS) is 26.0. The molecule has 148 valence electrons. The molecule has 0 spiro atoms. The molecule has 2 fully saturated rings. The minimum atomic E-state index is -1.00. The Hall–Kier alpha value is -2.40. The summed E-state index contributed by atoms with van der Waals surface area (Å²) in [5.74, 6) is 0.148. The molecule has 0 saturated carbocycles. The number of hydrogen-bond acceptors (Lipinski definition) is 3. The fourth-order valence-corrected chi connectivity index (χ4v) is 4.44. The average Bonchev–Trinajstić information content (AvgIpc) is 3.05. The molecule has 2 saturated heterocycles. The maximum atomic E-state index is 14.9. The third-order valence-corrected chi connectivity index (χ3v) is 6.10. The fourth-order valence-electron chi connectivity index (χ4n) is 4.44. The van der Waals surface area contributed by atoms with Gasteiger partial charge in [0.25, 0.3) is 0 Å². The molecule has 1 amide bonds. The number of aryl methyl sites for hydroxylation is 1. The summed E-state index contributed by atoms with van der Waals surface area (Å²) in [7, 11) is 0. The van der Waals surface area contributed by atoms with Crippen LogP contribution < -0.4 is 0 Å². The van der Waals surface area contributed by atoms with Crippen LogP contribution in [0.25, 0.3) is 0 Å². The standard InChI is InChI=1S/C23H27FN2O2/c1-16-2-4-17(5-3-16)14-26-13-11-22(23(26)28)25-12-10-20(21(24)15-25)18-6-8-19(27)9-7-18/h2-9,20-22,27H,10-15H2,1H3/t20-,21+,22+/m1/s1. The van der Waals surface area contributed by atoms with Gasteiger partial charge in [-0.15, -0.1) is 0 Å². The molecule has 5 heteroatoms. The van der Waals surface area contributed by atoms with E-state index in [1.165, 1.54) is 5.56 Å². The highest BCUT2D eigenvalue weighted by atomic mass is 19.1. The molecule has 2 heterocycles. The number of benzene rings is 2. The van der Waals surface area contributed by atoms with Gasteiger partial charge in [-0.3, -0.25) is 9.69 Å². The highest BCUT2D eigenvalue weighted by Gasteiger charge is 2.40. The average molecular weight is 382 g/mol. The molecule has 28 heavy (non-hydrogen) atoms. The molecule has 0 bridgehead atoms. The lowest BCUT2D eigenvalue weighted by Gasteiger charge is -2.37. The zero-order chi connectivity index (χ0) is 19.7. The van der Waals surface area contributed by atoms with E-state index in [9.17, 15) is 14.3 Å². The summed E-state index contributed by atoms with van der Waals surface area (Å²) in [6, 6.07) is 14.9. The van der Waals surface area contributed by atoms with Crippen LogP contribution in [0.4, 0.5) is 4.39 Å². The number of carbonyl (C=O) groups excluding carboxylic acids is 1. The van der Waals surface area contributed by atoms with Crippen molar-refractivity contribution in [3.8, 4) is 5.75 Å². The van der Waals surface area contributed by atoms with E-state index in [1.807, 2.05) is 9.80 Å². The van der Waals surface area contributed by atoms with E-state index in [1.54, 1.807) is 24.3 Å². The SMILES string of the molecule is Cc1ccc(CN2CC[C@H](N3CC[C@H](c4ccc(O)cc4)[C@@H](F)C3)C2=O)cc1. The first-order chi connectivity index (χ1) is 13.5. The molecule has 2 aromatic rings. The molecular weight excluding hydrogens is 355 g/mol. The number of likely N-dealkylation sites (tertiary alicyclic amines) is 2. The highest BCUT2D eigenvalue weighted by molar-refractivity contribution is 5.84. The largest absolute Gasteiger partial charge is 0.508 e. The van der Waals surface area contributed by atoms with Crippen molar-refractivity contribution >= 4 is 5.91 Å². The predicted molar refractivity (Wildman–Crippen MR) is 107 cm³/mol. The van der Waals surface area contributed by atoms with Gasteiger partial charge in [0.1, 0.15) is 11.9 Å². The Morgan fingerprint density at radius 1 is 1.04 bits per heavy atom. The van der Waals surface area contributed by atoms with E-state index >= 15 is 0 Å². The second-order valence-corrected chi connectivity index (χ2v) is 8.05. The lowest BCUT2D eigenvalue weighted by atomic mass is 9.87. The molecule has 3 atom stereocenters. The number of phenols is 1. The van der Waals surface area contributed by atoms with Crippen molar-refractivity contribution in [3.63, 3.8) is 0 Å². The van der Waals surface area contributed by atoms with Gasteiger partial charge in [-0.2, -0.15) is 0 Å². The minimum Gasteiger partial charge on any atom is -0.508 e. The van der Waals surface area contributed by atoms with Crippen molar-refractivity contribution in [2.45, 2.75) is 44.4 Å². The summed E-state index contributed by atoms with van der Waals surface area (Å²) >= 11 is 0. The van der Waals surface area contributed by atoms with Crippen molar-refractivity contribution in [1.29, 1.82) is 0 Å². The number of halogens is 1. The molecule has 0 aromatic heterocycles. The lowest BCUT2D eigenvalue weighted by Crippen LogP contribution is -2.49. The molecule has 0 unspecified atom stereocenters. The molecule has 0 aliphatic carbocycles. The Balaban J connectivity index is 1.37. The second kappa shape index (κ2) is 7.92. The van der Waals surface area contributed by atoms with Gasteiger partial charge in [0.05, 0.1) is 6.04 Å². The molecule has 4 rings (SSSR count). The van der Waals surface area contributed by atoms with Gasteiger partial charge in [-0.1, -0.05) is 42.0 Å². The van der Waals surface area contributed by atoms with Crippen LogP contribution in [0.15, 0.2) is 48.5 Å². The van der Waals surface area contributed by atoms with E-state index in [0.29, 0.717) is 19.5 Å².